The number of hydrogen-bond donors (Lipinski definition) is 1. The standard InChI is InChI=1S/C20H30N4O2S/c1-4-16(5-2)11-21-19-13-24(12-18(19)17-9-7-6-8-10-17)27(25,26)20-14-23(3)15-22-20/h6-10,14-16,18-19,21H,4-5,11-13H2,1-3H3/t18-,19+/m1/s1. The first-order valence-corrected chi connectivity index (χ1v) is 11.2. The number of nitrogens with zero attached hydrogens (tertiary/aromatic N) is 3. The molecule has 1 aromatic carbocycles. The fourth-order valence-electron chi connectivity index (χ4n) is 3.76. The highest BCUT2D eigenvalue weighted by atomic mass is 32.2. The molecule has 0 spiro atoms. The van der Waals surface area contributed by atoms with E-state index in [2.05, 4.69) is 36.3 Å². The molecule has 0 amide bonds. The summed E-state index contributed by atoms with van der Waals surface area (Å²) >= 11 is 0. The van der Waals surface area contributed by atoms with Gasteiger partial charge in [0.1, 0.15) is 0 Å². The zero-order valence-electron chi connectivity index (χ0n) is 16.4. The molecule has 2 atom stereocenters. The number of aromatic nitrogens is 2. The third-order valence-electron chi connectivity index (χ3n) is 5.62. The highest BCUT2D eigenvalue weighted by Crippen LogP contribution is 2.31. The number of rotatable bonds is 8. The first-order chi connectivity index (χ1) is 13.0. The van der Waals surface area contributed by atoms with Gasteiger partial charge in [0.2, 0.25) is 0 Å². The van der Waals surface area contributed by atoms with Crippen LogP contribution in [0.25, 0.3) is 0 Å². The van der Waals surface area contributed by atoms with Crippen LogP contribution >= 0.6 is 0 Å². The van der Waals surface area contributed by atoms with Crippen molar-refractivity contribution in [3.05, 3.63) is 48.4 Å². The monoisotopic (exact) mass is 390 g/mol. The van der Waals surface area contributed by atoms with Gasteiger partial charge in [-0.05, 0) is 18.0 Å². The third kappa shape index (κ3) is 4.42. The average molecular weight is 391 g/mol. The molecule has 1 aromatic heterocycles. The van der Waals surface area contributed by atoms with E-state index in [4.69, 9.17) is 0 Å². The highest BCUT2D eigenvalue weighted by Gasteiger charge is 2.40. The first kappa shape index (κ1) is 20.0. The molecule has 6 nitrogen and oxygen atoms in total. The molecule has 148 valence electrons. The minimum absolute atomic E-state index is 0.103. The van der Waals surface area contributed by atoms with Crippen molar-refractivity contribution in [2.24, 2.45) is 13.0 Å². The lowest BCUT2D eigenvalue weighted by Gasteiger charge is -2.23. The second-order valence-corrected chi connectivity index (χ2v) is 9.30. The van der Waals surface area contributed by atoms with Crippen LogP contribution in [-0.2, 0) is 17.1 Å². The van der Waals surface area contributed by atoms with Crippen molar-refractivity contribution in [3.8, 4) is 0 Å². The second kappa shape index (κ2) is 8.54. The molecule has 2 aromatic rings. The van der Waals surface area contributed by atoms with Crippen LogP contribution in [0.5, 0.6) is 0 Å². The number of nitrogens with one attached hydrogen (secondary N) is 1. The van der Waals surface area contributed by atoms with Crippen LogP contribution in [0, 0.1) is 5.92 Å². The minimum atomic E-state index is -3.58. The summed E-state index contributed by atoms with van der Waals surface area (Å²) in [6.45, 7) is 6.27. The summed E-state index contributed by atoms with van der Waals surface area (Å²) in [5, 5.41) is 3.78. The Hall–Kier alpha value is -1.70. The molecular formula is C20H30N4O2S. The van der Waals surface area contributed by atoms with E-state index in [0.717, 1.165) is 19.4 Å². The van der Waals surface area contributed by atoms with Gasteiger partial charge in [-0.15, -0.1) is 0 Å². The Bertz CT molecular complexity index is 831. The fourth-order valence-corrected chi connectivity index (χ4v) is 5.22. The van der Waals surface area contributed by atoms with Crippen LogP contribution < -0.4 is 5.32 Å². The number of hydrogen-bond acceptors (Lipinski definition) is 4. The Morgan fingerprint density at radius 1 is 1.19 bits per heavy atom. The van der Waals surface area contributed by atoms with Gasteiger partial charge in [-0.25, -0.2) is 13.4 Å². The Morgan fingerprint density at radius 2 is 1.89 bits per heavy atom. The molecule has 0 radical (unpaired) electrons. The van der Waals surface area contributed by atoms with Crippen molar-refractivity contribution < 1.29 is 8.42 Å². The molecule has 0 aliphatic carbocycles. The fraction of sp³-hybridized carbons (Fsp3) is 0.550. The predicted molar refractivity (Wildman–Crippen MR) is 107 cm³/mol. The Balaban J connectivity index is 1.82. The van der Waals surface area contributed by atoms with Crippen LogP contribution in [0.2, 0.25) is 0 Å². The third-order valence-corrected chi connectivity index (χ3v) is 7.34. The van der Waals surface area contributed by atoms with E-state index in [1.165, 1.54) is 11.9 Å². The van der Waals surface area contributed by atoms with E-state index in [-0.39, 0.29) is 17.0 Å². The summed E-state index contributed by atoms with van der Waals surface area (Å²) in [6, 6.07) is 10.3. The summed E-state index contributed by atoms with van der Waals surface area (Å²) in [5.41, 5.74) is 1.18. The van der Waals surface area contributed by atoms with Crippen LogP contribution in [0.1, 0.15) is 38.2 Å². The Morgan fingerprint density at radius 3 is 2.48 bits per heavy atom. The molecule has 1 saturated heterocycles. The van der Waals surface area contributed by atoms with Crippen LogP contribution in [0.15, 0.2) is 47.9 Å². The van der Waals surface area contributed by atoms with E-state index in [1.807, 2.05) is 18.2 Å². The first-order valence-electron chi connectivity index (χ1n) is 9.72. The molecule has 1 fully saturated rings. The Kier molecular flexibility index (Phi) is 6.34. The minimum Gasteiger partial charge on any atom is -0.339 e. The lowest BCUT2D eigenvalue weighted by molar-refractivity contribution is 0.396. The summed E-state index contributed by atoms with van der Waals surface area (Å²) in [5.74, 6) is 0.752. The molecule has 0 saturated carbocycles. The maximum absolute atomic E-state index is 13.0. The van der Waals surface area contributed by atoms with Gasteiger partial charge >= 0.3 is 0 Å². The highest BCUT2D eigenvalue weighted by molar-refractivity contribution is 7.89. The smallest absolute Gasteiger partial charge is 0.262 e. The van der Waals surface area contributed by atoms with Crippen LogP contribution in [0.3, 0.4) is 0 Å². The number of imidazole rings is 1. The van der Waals surface area contributed by atoms with Gasteiger partial charge in [0, 0.05) is 38.3 Å². The van der Waals surface area contributed by atoms with Crippen molar-refractivity contribution >= 4 is 10.0 Å². The van der Waals surface area contributed by atoms with E-state index >= 15 is 0 Å². The molecule has 1 aliphatic rings. The van der Waals surface area contributed by atoms with Gasteiger partial charge in [-0.2, -0.15) is 4.31 Å². The lowest BCUT2D eigenvalue weighted by Crippen LogP contribution is -2.39. The van der Waals surface area contributed by atoms with Gasteiger partial charge in [-0.3, -0.25) is 0 Å². The van der Waals surface area contributed by atoms with Crippen LogP contribution in [0.4, 0.5) is 0 Å². The van der Waals surface area contributed by atoms with Crippen molar-refractivity contribution in [3.63, 3.8) is 0 Å². The number of benzene rings is 1. The largest absolute Gasteiger partial charge is 0.339 e. The van der Waals surface area contributed by atoms with E-state index in [1.54, 1.807) is 22.1 Å². The van der Waals surface area contributed by atoms with Crippen molar-refractivity contribution in [1.29, 1.82) is 0 Å². The second-order valence-electron chi connectivity index (χ2n) is 7.41. The van der Waals surface area contributed by atoms with Gasteiger partial charge in [-0.1, -0.05) is 57.0 Å². The Labute approximate surface area is 162 Å². The van der Waals surface area contributed by atoms with Crippen molar-refractivity contribution in [2.75, 3.05) is 19.6 Å². The SMILES string of the molecule is CCC(CC)CN[C@H]1CN(S(=O)(=O)c2cn(C)cn2)C[C@@H]1c1ccccc1. The molecule has 0 bridgehead atoms. The number of sulfonamides is 1. The molecule has 1 N–H and O–H groups in total. The van der Waals surface area contributed by atoms with Crippen molar-refractivity contribution in [2.45, 2.75) is 43.7 Å². The zero-order valence-corrected chi connectivity index (χ0v) is 17.2. The number of aryl methyl sites for hydroxylation is 1. The molecule has 3 rings (SSSR count). The predicted octanol–water partition coefficient (Wildman–Crippen LogP) is 2.60. The van der Waals surface area contributed by atoms with Crippen LogP contribution in [-0.4, -0.2) is 48.0 Å². The summed E-state index contributed by atoms with van der Waals surface area (Å²) < 4.78 is 29.3. The summed E-state index contributed by atoms with van der Waals surface area (Å²) in [6.07, 6.45) is 5.35. The average Bonchev–Trinajstić information content (AvgIpc) is 3.30. The zero-order chi connectivity index (χ0) is 19.4. The van der Waals surface area contributed by atoms with Gasteiger partial charge < -0.3 is 9.88 Å². The molecule has 1 aliphatic heterocycles. The van der Waals surface area contributed by atoms with Gasteiger partial charge in [0.15, 0.2) is 5.03 Å². The molecule has 27 heavy (non-hydrogen) atoms. The van der Waals surface area contributed by atoms with E-state index in [9.17, 15) is 8.42 Å². The van der Waals surface area contributed by atoms with Gasteiger partial charge in [0.05, 0.1) is 6.33 Å². The van der Waals surface area contributed by atoms with Gasteiger partial charge in [0.25, 0.3) is 10.0 Å². The maximum Gasteiger partial charge on any atom is 0.262 e. The molecule has 0 unspecified atom stereocenters. The summed E-state index contributed by atoms with van der Waals surface area (Å²) in [4.78, 5) is 4.07. The van der Waals surface area contributed by atoms with E-state index in [0.29, 0.717) is 19.0 Å². The molecular weight excluding hydrogens is 360 g/mol. The lowest BCUT2D eigenvalue weighted by atomic mass is 9.93. The normalized spacial score (nSPS) is 21.2. The molecule has 7 heteroatoms. The molecule has 2 heterocycles. The topological polar surface area (TPSA) is 67.2 Å². The summed E-state index contributed by atoms with van der Waals surface area (Å²) in [7, 11) is -1.80. The van der Waals surface area contributed by atoms with Crippen molar-refractivity contribution in [1.82, 2.24) is 19.2 Å². The van der Waals surface area contributed by atoms with E-state index < -0.39 is 10.0 Å². The quantitative estimate of drug-likeness (QED) is 0.752. The maximum atomic E-state index is 13.0.